The van der Waals surface area contributed by atoms with Crippen LogP contribution in [0.25, 0.3) is 0 Å². The van der Waals surface area contributed by atoms with Gasteiger partial charge in [-0.3, -0.25) is 9.69 Å². The number of nitrogens with zero attached hydrogens (tertiary/aromatic N) is 3. The summed E-state index contributed by atoms with van der Waals surface area (Å²) in [6.45, 7) is 11.0. The van der Waals surface area contributed by atoms with Gasteiger partial charge in [0.15, 0.2) is 0 Å². The van der Waals surface area contributed by atoms with Crippen molar-refractivity contribution in [2.75, 3.05) is 4.90 Å². The number of aromatic nitrogens is 2. The van der Waals surface area contributed by atoms with E-state index < -0.39 is 47.3 Å². The van der Waals surface area contributed by atoms with E-state index in [1.165, 1.54) is 43.7 Å². The average molecular weight is 537 g/mol. The molecule has 3 amide bonds. The fraction of sp³-hybridized carbons (Fsp3) is 0.480. The van der Waals surface area contributed by atoms with Crippen molar-refractivity contribution >= 4 is 41.4 Å². The van der Waals surface area contributed by atoms with Crippen LogP contribution in [0.2, 0.25) is 5.02 Å². The van der Waals surface area contributed by atoms with Crippen molar-refractivity contribution in [2.24, 2.45) is 0 Å². The first-order valence-electron chi connectivity index (χ1n) is 11.5. The van der Waals surface area contributed by atoms with E-state index in [9.17, 15) is 24.3 Å². The maximum atomic E-state index is 14.1. The lowest BCUT2D eigenvalue weighted by Gasteiger charge is -2.36. The number of imide groups is 1. The number of H-pyrrole nitrogens is 1. The zero-order valence-electron chi connectivity index (χ0n) is 21.9. The maximum absolute atomic E-state index is 14.1. The summed E-state index contributed by atoms with van der Waals surface area (Å²) in [5.74, 6) is -2.16. The summed E-state index contributed by atoms with van der Waals surface area (Å²) in [5, 5.41) is 10.2. The number of hydrogen-bond acceptors (Lipinski definition) is 7. The SMILES string of the molecule is C[C@H](C(=O)O)N(C(=O)[C@H](Cc1cnc[nH]1)N(C(=O)OC(C)(C)C)C(=O)OC(C)(C)C)c1ccc(Cl)cc1. The number of benzene rings is 1. The molecule has 0 saturated heterocycles. The average Bonchev–Trinajstić information content (AvgIpc) is 3.25. The molecule has 0 saturated carbocycles. The third kappa shape index (κ3) is 8.49. The van der Waals surface area contributed by atoms with Crippen LogP contribution in [-0.2, 0) is 25.5 Å². The molecule has 1 aromatic carbocycles. The summed E-state index contributed by atoms with van der Waals surface area (Å²) in [6.07, 6.45) is 0.333. The lowest BCUT2D eigenvalue weighted by molar-refractivity contribution is -0.140. The van der Waals surface area contributed by atoms with Crippen molar-refractivity contribution in [1.29, 1.82) is 0 Å². The number of nitrogens with one attached hydrogen (secondary N) is 1. The molecule has 2 aromatic rings. The fourth-order valence-corrected chi connectivity index (χ4v) is 3.39. The Balaban J connectivity index is 2.69. The lowest BCUT2D eigenvalue weighted by atomic mass is 10.1. The molecule has 1 aromatic heterocycles. The van der Waals surface area contributed by atoms with E-state index in [-0.39, 0.29) is 12.1 Å². The molecule has 0 fully saturated rings. The van der Waals surface area contributed by atoms with Crippen molar-refractivity contribution in [3.8, 4) is 0 Å². The van der Waals surface area contributed by atoms with Gasteiger partial charge in [0.05, 0.1) is 6.33 Å². The molecule has 0 spiro atoms. The Labute approximate surface area is 220 Å². The van der Waals surface area contributed by atoms with Crippen LogP contribution in [0.1, 0.15) is 54.2 Å². The molecular formula is C25H33ClN4O7. The highest BCUT2D eigenvalue weighted by atomic mass is 35.5. The van der Waals surface area contributed by atoms with E-state index in [4.69, 9.17) is 21.1 Å². The first kappa shape index (κ1) is 29.6. The van der Waals surface area contributed by atoms with Crippen LogP contribution in [-0.4, -0.2) is 67.3 Å². The molecule has 0 aliphatic carbocycles. The van der Waals surface area contributed by atoms with Gasteiger partial charge in [0.25, 0.3) is 5.91 Å². The van der Waals surface area contributed by atoms with Crippen LogP contribution in [0.4, 0.5) is 15.3 Å². The molecular weight excluding hydrogens is 504 g/mol. The Morgan fingerprint density at radius 1 is 1.00 bits per heavy atom. The quantitative estimate of drug-likeness (QED) is 0.520. The number of anilines is 1. The van der Waals surface area contributed by atoms with Gasteiger partial charge in [-0.05, 0) is 72.7 Å². The predicted octanol–water partition coefficient (Wildman–Crippen LogP) is 4.65. The minimum absolute atomic E-state index is 0.201. The maximum Gasteiger partial charge on any atom is 0.420 e. The van der Waals surface area contributed by atoms with Crippen molar-refractivity contribution in [3.63, 3.8) is 0 Å². The van der Waals surface area contributed by atoms with Crippen molar-refractivity contribution in [2.45, 2.75) is 78.2 Å². The van der Waals surface area contributed by atoms with E-state index in [0.29, 0.717) is 15.6 Å². The van der Waals surface area contributed by atoms with Gasteiger partial charge in [-0.15, -0.1) is 0 Å². The Kier molecular flexibility index (Phi) is 9.32. The van der Waals surface area contributed by atoms with Gasteiger partial charge in [-0.1, -0.05) is 11.6 Å². The van der Waals surface area contributed by atoms with Gasteiger partial charge < -0.3 is 19.6 Å². The van der Waals surface area contributed by atoms with Gasteiger partial charge in [-0.25, -0.2) is 19.4 Å². The smallest absolute Gasteiger partial charge is 0.420 e. The monoisotopic (exact) mass is 536 g/mol. The Hall–Kier alpha value is -3.60. The van der Waals surface area contributed by atoms with Gasteiger partial charge >= 0.3 is 18.2 Å². The zero-order valence-corrected chi connectivity index (χ0v) is 22.7. The van der Waals surface area contributed by atoms with Crippen LogP contribution >= 0.6 is 11.6 Å². The van der Waals surface area contributed by atoms with Gasteiger partial charge in [0.2, 0.25) is 0 Å². The van der Waals surface area contributed by atoms with E-state index >= 15 is 0 Å². The molecule has 11 nitrogen and oxygen atoms in total. The molecule has 2 N–H and O–H groups in total. The third-order valence-corrected chi connectivity index (χ3v) is 5.08. The number of carboxylic acids is 1. The second-order valence-electron chi connectivity index (χ2n) is 10.3. The van der Waals surface area contributed by atoms with Crippen LogP contribution in [0.5, 0.6) is 0 Å². The predicted molar refractivity (Wildman–Crippen MR) is 136 cm³/mol. The van der Waals surface area contributed by atoms with E-state index in [1.54, 1.807) is 41.5 Å². The molecule has 0 aliphatic rings. The van der Waals surface area contributed by atoms with Crippen LogP contribution in [0, 0.1) is 0 Å². The van der Waals surface area contributed by atoms with Gasteiger partial charge in [0, 0.05) is 29.0 Å². The summed E-state index contributed by atoms with van der Waals surface area (Å²) in [5.41, 5.74) is -1.41. The number of hydrogen-bond donors (Lipinski definition) is 2. The van der Waals surface area contributed by atoms with E-state index in [1.807, 2.05) is 0 Å². The first-order chi connectivity index (χ1) is 17.0. The topological polar surface area (TPSA) is 142 Å². The highest BCUT2D eigenvalue weighted by molar-refractivity contribution is 6.30. The minimum Gasteiger partial charge on any atom is -0.480 e. The number of aliphatic carboxylic acids is 1. The standard InChI is InChI=1S/C25H33ClN4O7/c1-15(21(32)33)29(18-10-8-16(26)9-11-18)20(31)19(12-17-13-27-14-28-17)30(22(34)36-24(2,3)4)23(35)37-25(5,6)7/h8-11,13-15,19H,12H2,1-7H3,(H,27,28)(H,32,33)/t15-,19+/m1/s1. The normalized spacial score (nSPS) is 13.3. The highest BCUT2D eigenvalue weighted by Crippen LogP contribution is 2.26. The van der Waals surface area contributed by atoms with Crippen LogP contribution < -0.4 is 4.90 Å². The van der Waals surface area contributed by atoms with Gasteiger partial charge in [-0.2, -0.15) is 4.90 Å². The van der Waals surface area contributed by atoms with Crippen LogP contribution in [0.15, 0.2) is 36.8 Å². The van der Waals surface area contributed by atoms with Gasteiger partial charge in [0.1, 0.15) is 23.3 Å². The largest absolute Gasteiger partial charge is 0.480 e. The fourth-order valence-electron chi connectivity index (χ4n) is 3.26. The number of aromatic amines is 1. The van der Waals surface area contributed by atoms with E-state index in [2.05, 4.69) is 9.97 Å². The zero-order chi connectivity index (χ0) is 28.1. The first-order valence-corrected chi connectivity index (χ1v) is 11.9. The van der Waals surface area contributed by atoms with Crippen molar-refractivity contribution in [3.05, 3.63) is 47.5 Å². The molecule has 0 unspecified atom stereocenters. The molecule has 0 aliphatic heterocycles. The number of rotatable bonds is 7. The Bertz CT molecular complexity index is 1080. The number of carbonyl (C=O) groups is 4. The summed E-state index contributed by atoms with van der Waals surface area (Å²) in [4.78, 5) is 61.2. The Morgan fingerprint density at radius 2 is 1.51 bits per heavy atom. The number of imidazole rings is 1. The minimum atomic E-state index is -1.55. The molecule has 0 radical (unpaired) electrons. The Morgan fingerprint density at radius 3 is 1.92 bits per heavy atom. The molecule has 1 heterocycles. The number of halogens is 1. The summed E-state index contributed by atoms with van der Waals surface area (Å²) >= 11 is 5.99. The molecule has 0 bridgehead atoms. The number of amides is 3. The van der Waals surface area contributed by atoms with E-state index in [0.717, 1.165) is 4.90 Å². The number of ether oxygens (including phenoxy) is 2. The highest BCUT2D eigenvalue weighted by Gasteiger charge is 2.44. The third-order valence-electron chi connectivity index (χ3n) is 4.83. The summed E-state index contributed by atoms with van der Waals surface area (Å²) < 4.78 is 10.9. The second kappa shape index (κ2) is 11.6. The lowest BCUT2D eigenvalue weighted by Crippen LogP contribution is -2.58. The molecule has 2 atom stereocenters. The van der Waals surface area contributed by atoms with Crippen molar-refractivity contribution in [1.82, 2.24) is 14.9 Å². The molecule has 12 heteroatoms. The second-order valence-corrected chi connectivity index (χ2v) is 10.8. The van der Waals surface area contributed by atoms with Crippen molar-refractivity contribution < 1.29 is 33.8 Å². The molecule has 202 valence electrons. The summed E-state index contributed by atoms with van der Waals surface area (Å²) in [6, 6.07) is 3.01. The number of carboxylic acid groups (broad SMARTS) is 1. The van der Waals surface area contributed by atoms with Crippen LogP contribution in [0.3, 0.4) is 0 Å². The summed E-state index contributed by atoms with van der Waals surface area (Å²) in [7, 11) is 0. The molecule has 37 heavy (non-hydrogen) atoms. The molecule has 2 rings (SSSR count). The number of carbonyl (C=O) groups excluding carboxylic acids is 3.